The molecule has 6 N–H and O–H groups in total. The van der Waals surface area contributed by atoms with Gasteiger partial charge in [0.1, 0.15) is 0 Å². The first-order valence-electron chi connectivity index (χ1n) is 2.45. The Kier molecular flexibility index (Phi) is 7.77. The van der Waals surface area contributed by atoms with Crippen LogP contribution in [0, 0.1) is 0 Å². The summed E-state index contributed by atoms with van der Waals surface area (Å²) < 4.78 is 9.84. The minimum atomic E-state index is -3.80. The van der Waals surface area contributed by atoms with Crippen LogP contribution in [0.15, 0.2) is 0 Å². The Morgan fingerprint density at radius 3 is 1.73 bits per heavy atom. The van der Waals surface area contributed by atoms with Gasteiger partial charge >= 0.3 is 13.6 Å². The second kappa shape index (κ2) is 6.42. The summed E-state index contributed by atoms with van der Waals surface area (Å²) >= 11 is 4.99. The summed E-state index contributed by atoms with van der Waals surface area (Å²) in [5.74, 6) is 0.0181. The molecule has 0 unspecified atom stereocenters. The van der Waals surface area contributed by atoms with Crippen LogP contribution in [0.4, 0.5) is 4.79 Å². The number of nitrogens with two attached hydrogens (primary N) is 2. The summed E-state index contributed by atoms with van der Waals surface area (Å²) in [6.07, 6.45) is -0.228. The Morgan fingerprint density at radius 1 is 1.45 bits per heavy atom. The van der Waals surface area contributed by atoms with Gasteiger partial charge in [0.2, 0.25) is 0 Å². The monoisotopic (exact) mass is 204 g/mol. The van der Waals surface area contributed by atoms with Crippen LogP contribution < -0.4 is 11.5 Å². The van der Waals surface area contributed by atoms with E-state index in [0.717, 1.165) is 0 Å². The lowest BCUT2D eigenvalue weighted by Gasteiger charge is -1.95. The minimum absolute atomic E-state index is 0.0181. The lowest BCUT2D eigenvalue weighted by atomic mass is 11.0. The molecule has 0 aromatic rings. The normalized spacial score (nSPS) is 9.73. The van der Waals surface area contributed by atoms with Crippen molar-refractivity contribution in [2.75, 3.05) is 12.0 Å². The van der Waals surface area contributed by atoms with Gasteiger partial charge in [0.05, 0.1) is 6.16 Å². The van der Waals surface area contributed by atoms with Crippen molar-refractivity contribution in [2.24, 2.45) is 11.5 Å². The van der Waals surface area contributed by atoms with E-state index in [1.807, 2.05) is 0 Å². The molecule has 0 rings (SSSR count). The van der Waals surface area contributed by atoms with Crippen molar-refractivity contribution < 1.29 is 19.1 Å². The lowest BCUT2D eigenvalue weighted by Crippen LogP contribution is -2.18. The number of hydrogen-bond acceptors (Lipinski definition) is 2. The van der Waals surface area contributed by atoms with E-state index in [0.29, 0.717) is 0 Å². The average Bonchev–Trinajstić information content (AvgIpc) is 1.58. The van der Waals surface area contributed by atoms with Crippen molar-refractivity contribution in [3.63, 3.8) is 0 Å². The molecule has 0 saturated heterocycles. The van der Waals surface area contributed by atoms with Gasteiger partial charge in [-0.15, -0.1) is 11.6 Å². The van der Waals surface area contributed by atoms with Crippen molar-refractivity contribution in [3.8, 4) is 0 Å². The molecule has 6 nitrogen and oxygen atoms in total. The minimum Gasteiger partial charge on any atom is -0.352 e. The molecular weight excluding hydrogens is 194 g/mol. The highest BCUT2D eigenvalue weighted by molar-refractivity contribution is 7.51. The average molecular weight is 205 g/mol. The van der Waals surface area contributed by atoms with E-state index >= 15 is 0 Å². The third-order valence-electron chi connectivity index (χ3n) is 0.376. The number of amides is 2. The molecular formula is C3H10ClN2O4P. The second-order valence-electron chi connectivity index (χ2n) is 1.48. The molecule has 0 aliphatic carbocycles. The molecule has 0 spiro atoms. The number of carbonyl (C=O) groups excluding carboxylic acids is 1. The predicted octanol–water partition coefficient (Wildman–Crippen LogP) is -0.573. The highest BCUT2D eigenvalue weighted by Gasteiger charge is 2.09. The zero-order chi connectivity index (χ0) is 9.49. The highest BCUT2D eigenvalue weighted by atomic mass is 35.5. The van der Waals surface area contributed by atoms with E-state index in [9.17, 15) is 4.57 Å². The molecule has 0 saturated carbocycles. The third-order valence-corrected chi connectivity index (χ3v) is 1.63. The van der Waals surface area contributed by atoms with E-state index in [2.05, 4.69) is 11.5 Å². The number of hydrogen-bond donors (Lipinski definition) is 4. The van der Waals surface area contributed by atoms with Crippen molar-refractivity contribution in [1.82, 2.24) is 0 Å². The number of carbonyl (C=O) groups is 1. The van der Waals surface area contributed by atoms with Crippen LogP contribution in [0.25, 0.3) is 0 Å². The molecule has 0 fully saturated rings. The molecule has 0 aromatic carbocycles. The fourth-order valence-electron chi connectivity index (χ4n) is 0.110. The molecule has 0 aliphatic rings. The van der Waals surface area contributed by atoms with Crippen LogP contribution in [0.3, 0.4) is 0 Å². The first-order chi connectivity index (χ1) is 4.79. The Bertz CT molecular complexity index is 153. The molecule has 0 radical (unpaired) electrons. The van der Waals surface area contributed by atoms with Crippen molar-refractivity contribution >= 4 is 25.2 Å². The van der Waals surface area contributed by atoms with Crippen LogP contribution in [-0.2, 0) is 4.57 Å². The van der Waals surface area contributed by atoms with Gasteiger partial charge in [0.25, 0.3) is 0 Å². The largest absolute Gasteiger partial charge is 0.352 e. The number of urea groups is 1. The smallest absolute Gasteiger partial charge is 0.326 e. The standard InChI is InChI=1S/C2H6ClO3P.CH4N2O/c3-1-2-7(4,5)6;2-1(3)4/h1-2H2,(H2,4,5,6);(H4,2,3,4). The second-order valence-corrected chi connectivity index (χ2v) is 3.63. The third kappa shape index (κ3) is 41.9. The maximum absolute atomic E-state index is 9.84. The summed E-state index contributed by atoms with van der Waals surface area (Å²) in [6, 6.07) is -0.833. The maximum Gasteiger partial charge on any atom is 0.326 e. The van der Waals surface area contributed by atoms with Crippen LogP contribution in [0.5, 0.6) is 0 Å². The van der Waals surface area contributed by atoms with E-state index < -0.39 is 13.6 Å². The van der Waals surface area contributed by atoms with Gasteiger partial charge in [-0.25, -0.2) is 4.79 Å². The SMILES string of the molecule is NC(N)=O.O=P(O)(O)CCCl. The molecule has 0 bridgehead atoms. The highest BCUT2D eigenvalue weighted by Crippen LogP contribution is 2.33. The van der Waals surface area contributed by atoms with Gasteiger partial charge < -0.3 is 21.3 Å². The fourth-order valence-corrected chi connectivity index (χ4v) is 0.991. The number of rotatable bonds is 2. The Balaban J connectivity index is 0. The van der Waals surface area contributed by atoms with Crippen molar-refractivity contribution in [1.29, 1.82) is 0 Å². The molecule has 0 aromatic heterocycles. The summed E-state index contributed by atoms with van der Waals surface area (Å²) in [7, 11) is -3.80. The lowest BCUT2D eigenvalue weighted by molar-refractivity contribution is 0.256. The maximum atomic E-state index is 9.84. The van der Waals surface area contributed by atoms with Gasteiger partial charge in [-0.2, -0.15) is 0 Å². The first kappa shape index (κ1) is 13.3. The van der Waals surface area contributed by atoms with E-state index in [1.54, 1.807) is 0 Å². The van der Waals surface area contributed by atoms with E-state index in [4.69, 9.17) is 26.2 Å². The molecule has 8 heteroatoms. The topological polar surface area (TPSA) is 127 Å². The Hall–Kier alpha value is -0.290. The van der Waals surface area contributed by atoms with Gasteiger partial charge in [-0.3, -0.25) is 4.57 Å². The quantitative estimate of drug-likeness (QED) is 0.355. The fraction of sp³-hybridized carbons (Fsp3) is 0.667. The Morgan fingerprint density at radius 2 is 1.73 bits per heavy atom. The molecule has 11 heavy (non-hydrogen) atoms. The molecule has 0 atom stereocenters. The van der Waals surface area contributed by atoms with Crippen molar-refractivity contribution in [2.45, 2.75) is 0 Å². The van der Waals surface area contributed by atoms with Crippen molar-refractivity contribution in [3.05, 3.63) is 0 Å². The number of alkyl halides is 1. The van der Waals surface area contributed by atoms with Gasteiger partial charge in [0.15, 0.2) is 0 Å². The van der Waals surface area contributed by atoms with Crippen LogP contribution in [0.2, 0.25) is 0 Å². The van der Waals surface area contributed by atoms with Crippen LogP contribution >= 0.6 is 19.2 Å². The molecule has 2 amide bonds. The summed E-state index contributed by atoms with van der Waals surface area (Å²) in [5, 5.41) is 0. The number of primary amides is 2. The van der Waals surface area contributed by atoms with Gasteiger partial charge in [-0.05, 0) is 0 Å². The predicted molar refractivity (Wildman–Crippen MR) is 41.4 cm³/mol. The molecule has 68 valence electrons. The molecule has 0 aliphatic heterocycles. The number of halogens is 1. The van der Waals surface area contributed by atoms with E-state index in [-0.39, 0.29) is 12.0 Å². The van der Waals surface area contributed by atoms with Crippen LogP contribution in [0.1, 0.15) is 0 Å². The molecule has 0 heterocycles. The summed E-state index contributed by atoms with van der Waals surface area (Å²) in [4.78, 5) is 25.1. The summed E-state index contributed by atoms with van der Waals surface area (Å²) in [5.41, 5.74) is 8.50. The van der Waals surface area contributed by atoms with Gasteiger partial charge in [0, 0.05) is 5.88 Å². The summed E-state index contributed by atoms with van der Waals surface area (Å²) in [6.45, 7) is 0. The van der Waals surface area contributed by atoms with Crippen LogP contribution in [-0.4, -0.2) is 27.9 Å². The van der Waals surface area contributed by atoms with Gasteiger partial charge in [-0.1, -0.05) is 0 Å². The zero-order valence-corrected chi connectivity index (χ0v) is 7.26. The zero-order valence-electron chi connectivity index (χ0n) is 5.61. The van der Waals surface area contributed by atoms with E-state index in [1.165, 1.54) is 0 Å². The first-order valence-corrected chi connectivity index (χ1v) is 4.78. The Labute approximate surface area is 68.7 Å².